The first-order chi connectivity index (χ1) is 9.66. The molecule has 0 spiro atoms. The predicted octanol–water partition coefficient (Wildman–Crippen LogP) is 4.56. The van der Waals surface area contributed by atoms with E-state index in [1.54, 1.807) is 25.3 Å². The van der Waals surface area contributed by atoms with Gasteiger partial charge in [0.15, 0.2) is 0 Å². The van der Waals surface area contributed by atoms with E-state index >= 15 is 0 Å². The minimum absolute atomic E-state index is 0.506. The van der Waals surface area contributed by atoms with Gasteiger partial charge in [-0.25, -0.2) is 0 Å². The molecule has 0 aliphatic rings. The number of rotatable bonds is 4. The van der Waals surface area contributed by atoms with E-state index in [-0.39, 0.29) is 0 Å². The van der Waals surface area contributed by atoms with Crippen molar-refractivity contribution < 1.29 is 9.47 Å². The van der Waals surface area contributed by atoms with Crippen LogP contribution in [0.15, 0.2) is 36.4 Å². The number of halogens is 1. The van der Waals surface area contributed by atoms with Gasteiger partial charge >= 0.3 is 0 Å². The van der Waals surface area contributed by atoms with E-state index in [0.717, 1.165) is 11.3 Å². The number of benzene rings is 2. The van der Waals surface area contributed by atoms with Crippen molar-refractivity contribution in [2.75, 3.05) is 7.11 Å². The molecule has 2 aromatic rings. The van der Waals surface area contributed by atoms with Gasteiger partial charge in [-0.2, -0.15) is 5.26 Å². The van der Waals surface area contributed by atoms with Gasteiger partial charge in [-0.3, -0.25) is 0 Å². The molecule has 2 aromatic carbocycles. The van der Waals surface area contributed by atoms with Gasteiger partial charge in [0, 0.05) is 17.0 Å². The van der Waals surface area contributed by atoms with Gasteiger partial charge < -0.3 is 9.47 Å². The van der Waals surface area contributed by atoms with Crippen molar-refractivity contribution in [3.05, 3.63) is 53.1 Å². The molecule has 0 atom stereocenters. The van der Waals surface area contributed by atoms with Crippen molar-refractivity contribution in [1.82, 2.24) is 0 Å². The number of nitrogens with zero attached hydrogens (tertiary/aromatic N) is 1. The zero-order chi connectivity index (χ0) is 14.5. The molecule has 20 heavy (non-hydrogen) atoms. The summed E-state index contributed by atoms with van der Waals surface area (Å²) < 4.78 is 11.0. The van der Waals surface area contributed by atoms with Crippen molar-refractivity contribution >= 4 is 15.9 Å². The highest BCUT2D eigenvalue weighted by atomic mass is 79.9. The molecule has 0 saturated carbocycles. The third-order valence-corrected chi connectivity index (χ3v) is 3.44. The molecular weight excluding hydrogens is 318 g/mol. The average molecular weight is 332 g/mol. The van der Waals surface area contributed by atoms with Crippen molar-refractivity contribution in [3.8, 4) is 23.3 Å². The molecule has 0 fully saturated rings. The van der Waals surface area contributed by atoms with E-state index in [4.69, 9.17) is 14.7 Å². The van der Waals surface area contributed by atoms with Crippen LogP contribution in [0.4, 0.5) is 0 Å². The molecule has 0 unspecified atom stereocenters. The second-order valence-electron chi connectivity index (χ2n) is 4.36. The second-order valence-corrected chi connectivity index (χ2v) is 4.92. The molecule has 0 bridgehead atoms. The van der Waals surface area contributed by atoms with E-state index < -0.39 is 0 Å². The maximum Gasteiger partial charge on any atom is 0.132 e. The smallest absolute Gasteiger partial charge is 0.132 e. The Morgan fingerprint density at radius 3 is 2.55 bits per heavy atom. The largest absolute Gasteiger partial charge is 0.497 e. The van der Waals surface area contributed by atoms with Crippen LogP contribution < -0.4 is 9.47 Å². The lowest BCUT2D eigenvalue weighted by Gasteiger charge is -2.11. The van der Waals surface area contributed by atoms with Crippen LogP contribution in [0.2, 0.25) is 0 Å². The highest BCUT2D eigenvalue weighted by Crippen LogP contribution is 2.30. The third kappa shape index (κ3) is 3.31. The topological polar surface area (TPSA) is 42.2 Å². The number of hydrogen-bond donors (Lipinski definition) is 0. The number of alkyl halides is 1. The molecule has 0 aliphatic heterocycles. The van der Waals surface area contributed by atoms with Crippen LogP contribution in [0.3, 0.4) is 0 Å². The van der Waals surface area contributed by atoms with E-state index in [0.29, 0.717) is 22.4 Å². The summed E-state index contributed by atoms with van der Waals surface area (Å²) in [4.78, 5) is 0. The van der Waals surface area contributed by atoms with Crippen molar-refractivity contribution in [3.63, 3.8) is 0 Å². The van der Waals surface area contributed by atoms with Crippen molar-refractivity contribution in [2.45, 2.75) is 12.3 Å². The Kier molecular flexibility index (Phi) is 4.65. The number of nitriles is 1. The van der Waals surface area contributed by atoms with Crippen LogP contribution in [0.1, 0.15) is 16.7 Å². The Hall–Kier alpha value is -1.99. The van der Waals surface area contributed by atoms with E-state index in [1.807, 2.05) is 19.1 Å². The van der Waals surface area contributed by atoms with E-state index in [2.05, 4.69) is 28.1 Å². The minimum Gasteiger partial charge on any atom is -0.497 e. The number of ether oxygens (including phenoxy) is 2. The summed E-state index contributed by atoms with van der Waals surface area (Å²) in [5, 5.41) is 9.72. The first-order valence-corrected chi connectivity index (χ1v) is 7.21. The summed E-state index contributed by atoms with van der Waals surface area (Å²) in [5.41, 5.74) is 2.74. The molecular formula is C16H14BrNO2. The van der Waals surface area contributed by atoms with Gasteiger partial charge in [0.2, 0.25) is 0 Å². The maximum atomic E-state index is 9.02. The lowest BCUT2D eigenvalue weighted by atomic mass is 10.1. The molecule has 2 rings (SSSR count). The first-order valence-electron chi connectivity index (χ1n) is 6.09. The molecule has 0 heterocycles. The van der Waals surface area contributed by atoms with Crippen molar-refractivity contribution in [1.29, 1.82) is 5.26 Å². The van der Waals surface area contributed by atoms with Crippen LogP contribution in [0, 0.1) is 18.3 Å². The molecule has 0 radical (unpaired) electrons. The lowest BCUT2D eigenvalue weighted by Crippen LogP contribution is -1.92. The Morgan fingerprint density at radius 2 is 1.90 bits per heavy atom. The average Bonchev–Trinajstić information content (AvgIpc) is 2.48. The second kappa shape index (κ2) is 6.44. The maximum absolute atomic E-state index is 9.02. The van der Waals surface area contributed by atoms with Crippen LogP contribution in [-0.2, 0) is 5.33 Å². The van der Waals surface area contributed by atoms with Crippen LogP contribution >= 0.6 is 15.9 Å². The zero-order valence-electron chi connectivity index (χ0n) is 11.3. The highest BCUT2D eigenvalue weighted by molar-refractivity contribution is 9.08. The van der Waals surface area contributed by atoms with Gasteiger partial charge in [-0.1, -0.05) is 33.6 Å². The van der Waals surface area contributed by atoms with Gasteiger partial charge in [0.05, 0.1) is 18.7 Å². The first kappa shape index (κ1) is 14.4. The van der Waals surface area contributed by atoms with Crippen LogP contribution in [0.5, 0.6) is 17.2 Å². The van der Waals surface area contributed by atoms with Gasteiger partial charge in [0.25, 0.3) is 0 Å². The monoisotopic (exact) mass is 331 g/mol. The fraction of sp³-hybridized carbons (Fsp3) is 0.188. The van der Waals surface area contributed by atoms with Gasteiger partial charge in [-0.15, -0.1) is 0 Å². The predicted molar refractivity (Wildman–Crippen MR) is 81.6 cm³/mol. The molecule has 0 aromatic heterocycles. The SMILES string of the molecule is COc1cc(C#N)cc(Oc2ccc(C)cc2CBr)c1. The molecule has 102 valence electrons. The summed E-state index contributed by atoms with van der Waals surface area (Å²) in [6.45, 7) is 2.04. The number of methoxy groups -OCH3 is 1. The summed E-state index contributed by atoms with van der Waals surface area (Å²) in [6, 6.07) is 13.2. The Bertz CT molecular complexity index is 662. The molecule has 0 saturated heterocycles. The number of aryl methyl sites for hydroxylation is 1. The minimum atomic E-state index is 0.506. The zero-order valence-corrected chi connectivity index (χ0v) is 12.9. The van der Waals surface area contributed by atoms with Gasteiger partial charge in [0.1, 0.15) is 17.2 Å². The van der Waals surface area contributed by atoms with E-state index in [1.165, 1.54) is 5.56 Å². The standard InChI is InChI=1S/C16H14BrNO2/c1-11-3-4-16(13(5-11)9-17)20-15-7-12(10-18)6-14(8-15)19-2/h3-8H,9H2,1-2H3. The van der Waals surface area contributed by atoms with Crippen LogP contribution in [0.25, 0.3) is 0 Å². The highest BCUT2D eigenvalue weighted by Gasteiger charge is 2.07. The summed E-state index contributed by atoms with van der Waals surface area (Å²) in [5.74, 6) is 1.96. The molecule has 0 N–H and O–H groups in total. The molecule has 4 heteroatoms. The molecule has 3 nitrogen and oxygen atoms in total. The van der Waals surface area contributed by atoms with Gasteiger partial charge in [-0.05, 0) is 25.1 Å². The normalized spacial score (nSPS) is 9.90. The third-order valence-electron chi connectivity index (χ3n) is 2.83. The van der Waals surface area contributed by atoms with E-state index in [9.17, 15) is 0 Å². The Labute approximate surface area is 126 Å². The summed E-state index contributed by atoms with van der Waals surface area (Å²) in [7, 11) is 1.57. The molecule has 0 amide bonds. The quantitative estimate of drug-likeness (QED) is 0.771. The fourth-order valence-corrected chi connectivity index (χ4v) is 2.29. The Balaban J connectivity index is 2.37. The number of hydrogen-bond acceptors (Lipinski definition) is 3. The Morgan fingerprint density at radius 1 is 1.15 bits per heavy atom. The summed E-state index contributed by atoms with van der Waals surface area (Å²) >= 11 is 3.46. The molecule has 0 aliphatic carbocycles. The lowest BCUT2D eigenvalue weighted by molar-refractivity contribution is 0.408. The van der Waals surface area contributed by atoms with Crippen LogP contribution in [-0.4, -0.2) is 7.11 Å². The summed E-state index contributed by atoms with van der Waals surface area (Å²) in [6.07, 6.45) is 0. The van der Waals surface area contributed by atoms with Crippen molar-refractivity contribution in [2.24, 2.45) is 0 Å². The fourth-order valence-electron chi connectivity index (χ4n) is 1.85.